The van der Waals surface area contributed by atoms with Gasteiger partial charge in [-0.2, -0.15) is 0 Å². The monoisotopic (exact) mass is 345 g/mol. The summed E-state index contributed by atoms with van der Waals surface area (Å²) in [5.74, 6) is -0.174. The summed E-state index contributed by atoms with van der Waals surface area (Å²) in [5.41, 5.74) is 10.0. The number of hydrogen-bond donors (Lipinski definition) is 2. The maximum Gasteiger partial charge on any atom is 0.255 e. The second-order valence-corrected chi connectivity index (χ2v) is 6.22. The fraction of sp³-hybridized carbons (Fsp3) is 0.278. The van der Waals surface area contributed by atoms with Gasteiger partial charge in [0.1, 0.15) is 0 Å². The zero-order valence-corrected chi connectivity index (χ0v) is 14.3. The van der Waals surface area contributed by atoms with Crippen LogP contribution in [0.2, 0.25) is 5.02 Å². The first-order chi connectivity index (χ1) is 11.5. The third-order valence-corrected chi connectivity index (χ3v) is 4.33. The summed E-state index contributed by atoms with van der Waals surface area (Å²) in [7, 11) is 0. The molecule has 0 spiro atoms. The van der Waals surface area contributed by atoms with Gasteiger partial charge in [0.15, 0.2) is 0 Å². The second-order valence-electron chi connectivity index (χ2n) is 5.79. The minimum Gasteiger partial charge on any atom is -0.397 e. The van der Waals surface area contributed by atoms with E-state index in [-0.39, 0.29) is 5.91 Å². The largest absolute Gasteiger partial charge is 0.397 e. The topological polar surface area (TPSA) is 67.6 Å². The van der Waals surface area contributed by atoms with Crippen molar-refractivity contribution >= 4 is 34.6 Å². The number of nitrogens with one attached hydrogen (secondary N) is 1. The number of nitrogens with two attached hydrogens (primary N) is 1. The number of rotatable bonds is 3. The van der Waals surface area contributed by atoms with E-state index in [0.29, 0.717) is 29.5 Å². The van der Waals surface area contributed by atoms with Gasteiger partial charge in [0.2, 0.25) is 0 Å². The Hall–Kier alpha value is -2.24. The van der Waals surface area contributed by atoms with Crippen LogP contribution in [0, 0.1) is 6.92 Å². The Morgan fingerprint density at radius 2 is 1.88 bits per heavy atom. The molecule has 2 aromatic rings. The Kier molecular flexibility index (Phi) is 4.92. The van der Waals surface area contributed by atoms with Gasteiger partial charge in [-0.15, -0.1) is 0 Å². The van der Waals surface area contributed by atoms with E-state index in [1.165, 1.54) is 0 Å². The summed E-state index contributed by atoms with van der Waals surface area (Å²) in [4.78, 5) is 14.6. The van der Waals surface area contributed by atoms with Crippen LogP contribution in [-0.2, 0) is 4.74 Å². The predicted molar refractivity (Wildman–Crippen MR) is 98.0 cm³/mol. The molecule has 1 aliphatic heterocycles. The van der Waals surface area contributed by atoms with Crippen molar-refractivity contribution in [2.24, 2.45) is 0 Å². The fourth-order valence-corrected chi connectivity index (χ4v) is 2.85. The number of carbonyl (C=O) groups excluding carboxylic acids is 1. The second kappa shape index (κ2) is 7.11. The Labute approximate surface area is 146 Å². The van der Waals surface area contributed by atoms with Crippen molar-refractivity contribution in [3.05, 3.63) is 52.5 Å². The van der Waals surface area contributed by atoms with Crippen LogP contribution >= 0.6 is 11.6 Å². The van der Waals surface area contributed by atoms with Gasteiger partial charge in [-0.3, -0.25) is 4.79 Å². The molecule has 24 heavy (non-hydrogen) atoms. The number of carbonyl (C=O) groups is 1. The number of nitrogen functional groups attached to an aromatic ring is 1. The molecule has 6 heteroatoms. The highest BCUT2D eigenvalue weighted by Gasteiger charge is 2.16. The lowest BCUT2D eigenvalue weighted by Gasteiger charge is -2.30. The number of amides is 1. The molecule has 5 nitrogen and oxygen atoms in total. The Bertz CT molecular complexity index is 741. The molecule has 2 aromatic carbocycles. The van der Waals surface area contributed by atoms with Gasteiger partial charge in [0.05, 0.1) is 24.6 Å². The molecule has 3 rings (SSSR count). The van der Waals surface area contributed by atoms with Crippen LogP contribution in [0.15, 0.2) is 36.4 Å². The number of halogens is 1. The summed E-state index contributed by atoms with van der Waals surface area (Å²) in [6.07, 6.45) is 0. The van der Waals surface area contributed by atoms with Crippen molar-refractivity contribution in [1.29, 1.82) is 0 Å². The summed E-state index contributed by atoms with van der Waals surface area (Å²) < 4.78 is 5.38. The number of nitrogens with zero attached hydrogens (tertiary/aromatic N) is 1. The van der Waals surface area contributed by atoms with E-state index in [1.54, 1.807) is 24.3 Å². The molecule has 3 N–H and O–H groups in total. The molecule has 1 fully saturated rings. The maximum atomic E-state index is 12.4. The molecule has 0 bridgehead atoms. The Morgan fingerprint density at radius 3 is 2.54 bits per heavy atom. The molecule has 1 aliphatic rings. The first kappa shape index (κ1) is 16.6. The van der Waals surface area contributed by atoms with Crippen molar-refractivity contribution < 1.29 is 9.53 Å². The fourth-order valence-electron chi connectivity index (χ4n) is 2.73. The third-order valence-electron chi connectivity index (χ3n) is 4.08. The first-order valence-electron chi connectivity index (χ1n) is 7.84. The number of ether oxygens (including phenoxy) is 1. The predicted octanol–water partition coefficient (Wildman–Crippen LogP) is 3.32. The van der Waals surface area contributed by atoms with Gasteiger partial charge in [0.25, 0.3) is 5.91 Å². The van der Waals surface area contributed by atoms with E-state index in [0.717, 1.165) is 30.0 Å². The summed E-state index contributed by atoms with van der Waals surface area (Å²) in [6.45, 7) is 4.87. The average Bonchev–Trinajstić information content (AvgIpc) is 2.58. The molecular weight excluding hydrogens is 326 g/mol. The molecule has 0 saturated carbocycles. The van der Waals surface area contributed by atoms with Gasteiger partial charge in [-0.25, -0.2) is 0 Å². The van der Waals surface area contributed by atoms with Crippen molar-refractivity contribution in [3.63, 3.8) is 0 Å². The lowest BCUT2D eigenvalue weighted by molar-refractivity contribution is 0.102. The van der Waals surface area contributed by atoms with Crippen LogP contribution < -0.4 is 16.0 Å². The number of morpholine rings is 1. The average molecular weight is 346 g/mol. The van der Waals surface area contributed by atoms with E-state index in [4.69, 9.17) is 22.1 Å². The minimum atomic E-state index is -0.174. The van der Waals surface area contributed by atoms with Crippen molar-refractivity contribution in [3.8, 4) is 0 Å². The van der Waals surface area contributed by atoms with Crippen LogP contribution in [0.5, 0.6) is 0 Å². The maximum absolute atomic E-state index is 12.4. The van der Waals surface area contributed by atoms with Crippen molar-refractivity contribution in [1.82, 2.24) is 0 Å². The van der Waals surface area contributed by atoms with Gasteiger partial charge in [0, 0.05) is 29.4 Å². The number of aryl methyl sites for hydroxylation is 1. The Morgan fingerprint density at radius 1 is 1.21 bits per heavy atom. The number of anilines is 3. The number of hydrogen-bond acceptors (Lipinski definition) is 4. The van der Waals surface area contributed by atoms with Crippen molar-refractivity contribution in [2.45, 2.75) is 6.92 Å². The summed E-state index contributed by atoms with van der Waals surface area (Å²) >= 11 is 5.86. The quantitative estimate of drug-likeness (QED) is 0.837. The van der Waals surface area contributed by atoms with Crippen LogP contribution in [0.3, 0.4) is 0 Å². The van der Waals surface area contributed by atoms with Crippen LogP contribution in [0.1, 0.15) is 15.9 Å². The van der Waals surface area contributed by atoms with E-state index in [2.05, 4.69) is 10.2 Å². The lowest BCUT2D eigenvalue weighted by Crippen LogP contribution is -2.36. The van der Waals surface area contributed by atoms with Gasteiger partial charge in [-0.05, 0) is 48.9 Å². The zero-order valence-electron chi connectivity index (χ0n) is 13.5. The summed E-state index contributed by atoms with van der Waals surface area (Å²) in [5, 5.41) is 3.56. The summed E-state index contributed by atoms with van der Waals surface area (Å²) in [6, 6.07) is 10.6. The van der Waals surface area contributed by atoms with Crippen LogP contribution in [0.4, 0.5) is 17.1 Å². The minimum absolute atomic E-state index is 0.174. The van der Waals surface area contributed by atoms with Crippen molar-refractivity contribution in [2.75, 3.05) is 42.3 Å². The molecular formula is C18H20ClN3O2. The Balaban J connectivity index is 1.84. The molecule has 0 radical (unpaired) electrons. The van der Waals surface area contributed by atoms with Gasteiger partial charge >= 0.3 is 0 Å². The van der Waals surface area contributed by atoms with Crippen LogP contribution in [-0.4, -0.2) is 32.2 Å². The SMILES string of the molecule is Cc1cc(N)c(N2CCOCC2)cc1NC(=O)c1ccc(Cl)cc1. The van der Waals surface area contributed by atoms with E-state index < -0.39 is 0 Å². The molecule has 0 aliphatic carbocycles. The molecule has 126 valence electrons. The van der Waals surface area contributed by atoms with E-state index >= 15 is 0 Å². The van der Waals surface area contributed by atoms with Gasteiger partial charge < -0.3 is 20.7 Å². The first-order valence-corrected chi connectivity index (χ1v) is 8.22. The van der Waals surface area contributed by atoms with E-state index in [1.807, 2.05) is 19.1 Å². The molecule has 1 saturated heterocycles. The molecule has 0 unspecified atom stereocenters. The standard InChI is InChI=1S/C18H20ClN3O2/c1-12-10-15(20)17(22-6-8-24-9-7-22)11-16(12)21-18(23)13-2-4-14(19)5-3-13/h2-5,10-11H,6-9,20H2,1H3,(H,21,23). The lowest BCUT2D eigenvalue weighted by atomic mass is 10.1. The smallest absolute Gasteiger partial charge is 0.255 e. The highest BCUT2D eigenvalue weighted by Crippen LogP contribution is 2.31. The normalized spacial score (nSPS) is 14.5. The van der Waals surface area contributed by atoms with E-state index in [9.17, 15) is 4.79 Å². The van der Waals surface area contributed by atoms with Crippen LogP contribution in [0.25, 0.3) is 0 Å². The zero-order chi connectivity index (χ0) is 17.1. The highest BCUT2D eigenvalue weighted by molar-refractivity contribution is 6.30. The highest BCUT2D eigenvalue weighted by atomic mass is 35.5. The number of benzene rings is 2. The molecule has 0 aromatic heterocycles. The third kappa shape index (κ3) is 3.63. The van der Waals surface area contributed by atoms with Gasteiger partial charge in [-0.1, -0.05) is 11.6 Å². The molecule has 0 atom stereocenters. The molecule has 1 heterocycles. The molecule has 1 amide bonds.